The molecule has 0 spiro atoms. The summed E-state index contributed by atoms with van der Waals surface area (Å²) < 4.78 is 11.0. The Balaban J connectivity index is 1.56. The molecule has 0 saturated carbocycles. The summed E-state index contributed by atoms with van der Waals surface area (Å²) >= 11 is 2.84. The van der Waals surface area contributed by atoms with Crippen LogP contribution < -0.4 is 15.3 Å². The number of aryl methyl sites for hydroxylation is 1. The van der Waals surface area contributed by atoms with Crippen LogP contribution in [0, 0.1) is 6.92 Å². The van der Waals surface area contributed by atoms with Gasteiger partial charge < -0.3 is 19.3 Å². The lowest BCUT2D eigenvalue weighted by atomic mass is 10.1. The smallest absolute Gasteiger partial charge is 0.427 e. The first kappa shape index (κ1) is 30.3. The highest BCUT2D eigenvalue weighted by Crippen LogP contribution is 2.32. The van der Waals surface area contributed by atoms with E-state index in [-0.39, 0.29) is 11.1 Å². The van der Waals surface area contributed by atoms with Crippen LogP contribution in [0.3, 0.4) is 0 Å². The van der Waals surface area contributed by atoms with Crippen LogP contribution in [0.25, 0.3) is 10.4 Å². The number of carbonyl (C=O) groups is 3. The van der Waals surface area contributed by atoms with Crippen LogP contribution in [0.15, 0.2) is 41.8 Å². The van der Waals surface area contributed by atoms with Crippen LogP contribution in [0.1, 0.15) is 57.0 Å². The molecule has 3 amide bonds. The molecule has 10 nitrogen and oxygen atoms in total. The van der Waals surface area contributed by atoms with Gasteiger partial charge in [-0.15, -0.1) is 11.3 Å². The van der Waals surface area contributed by atoms with Crippen molar-refractivity contribution in [2.45, 2.75) is 59.7 Å². The molecule has 0 atom stereocenters. The maximum absolute atomic E-state index is 13.9. The number of nitrogens with one attached hydrogen (secondary N) is 1. The Morgan fingerprint density at radius 1 is 0.951 bits per heavy atom. The zero-order valence-electron chi connectivity index (χ0n) is 24.5. The van der Waals surface area contributed by atoms with Crippen molar-refractivity contribution >= 4 is 51.5 Å². The predicted octanol–water partition coefficient (Wildman–Crippen LogP) is 6.32. The molecule has 12 heteroatoms. The Kier molecular flexibility index (Phi) is 8.93. The number of aromatic nitrogens is 1. The monoisotopic (exact) mass is 599 g/mol. The number of nitrogens with zero attached hydrogens (tertiary/aromatic N) is 4. The third-order valence-corrected chi connectivity index (χ3v) is 8.01. The van der Waals surface area contributed by atoms with E-state index in [1.807, 2.05) is 63.4 Å². The molecule has 0 radical (unpaired) electrons. The fraction of sp³-hybridized carbons (Fsp3) is 0.448. The standard InChI is InChI=1S/C29H37N5O5S2/c1-19-25(32-13-15-33(16-14-32)27(37)39-29(5,6)7)41-23(30-19)24(35)34(31-26(36)38-28(2,3)4)21-11-8-10-20(18-21)22-12-9-17-40-22/h8-12,17-18H,13-16H2,1-7H3,(H,31,36). The van der Waals surface area contributed by atoms with E-state index in [4.69, 9.17) is 9.47 Å². The zero-order valence-corrected chi connectivity index (χ0v) is 26.1. The number of thiazole rings is 1. The van der Waals surface area contributed by atoms with Crippen molar-refractivity contribution in [2.24, 2.45) is 0 Å². The molecule has 1 fully saturated rings. The second kappa shape index (κ2) is 12.1. The molecule has 4 rings (SSSR count). The molecule has 2 aromatic heterocycles. The fourth-order valence-electron chi connectivity index (χ4n) is 4.15. The normalized spacial score (nSPS) is 14.0. The molecule has 0 unspecified atom stereocenters. The molecule has 3 heterocycles. The van der Waals surface area contributed by atoms with Crippen molar-refractivity contribution < 1.29 is 23.9 Å². The minimum atomic E-state index is -0.751. The second-order valence-electron chi connectivity index (χ2n) is 11.6. The molecule has 1 saturated heterocycles. The van der Waals surface area contributed by atoms with Crippen LogP contribution in [0.2, 0.25) is 0 Å². The third kappa shape index (κ3) is 7.98. The number of ether oxygens (including phenoxy) is 2. The molecular weight excluding hydrogens is 562 g/mol. The van der Waals surface area contributed by atoms with Crippen LogP contribution in [-0.4, -0.2) is 65.4 Å². The number of hydrazine groups is 1. The minimum Gasteiger partial charge on any atom is -0.444 e. The molecule has 1 aliphatic rings. The summed E-state index contributed by atoms with van der Waals surface area (Å²) in [5, 5.41) is 4.25. The van der Waals surface area contributed by atoms with Crippen molar-refractivity contribution in [3.05, 3.63) is 52.5 Å². The van der Waals surface area contributed by atoms with Gasteiger partial charge >= 0.3 is 18.1 Å². The number of piperazine rings is 1. The Labute approximate surface area is 248 Å². The summed E-state index contributed by atoms with van der Waals surface area (Å²) in [6, 6.07) is 11.3. The number of hydrogen-bond donors (Lipinski definition) is 1. The van der Waals surface area contributed by atoms with E-state index in [1.54, 1.807) is 43.1 Å². The van der Waals surface area contributed by atoms with Gasteiger partial charge in [-0.25, -0.2) is 25.0 Å². The number of rotatable bonds is 4. The first-order valence-electron chi connectivity index (χ1n) is 13.4. The number of hydrogen-bond acceptors (Lipinski definition) is 9. The summed E-state index contributed by atoms with van der Waals surface area (Å²) in [6.07, 6.45) is -1.08. The number of thiophene rings is 1. The largest absolute Gasteiger partial charge is 0.444 e. The van der Waals surface area contributed by atoms with Crippen molar-refractivity contribution in [3.63, 3.8) is 0 Å². The van der Waals surface area contributed by atoms with Crippen LogP contribution >= 0.6 is 22.7 Å². The van der Waals surface area contributed by atoms with E-state index in [0.717, 1.165) is 15.4 Å². The SMILES string of the molecule is Cc1nc(C(=O)N(NC(=O)OC(C)(C)C)c2cccc(-c3cccs3)c2)sc1N1CCN(C(=O)OC(C)(C)C)CC1. The molecular formula is C29H37N5O5S2. The molecule has 41 heavy (non-hydrogen) atoms. The minimum absolute atomic E-state index is 0.227. The van der Waals surface area contributed by atoms with Gasteiger partial charge in [-0.3, -0.25) is 4.79 Å². The van der Waals surface area contributed by atoms with Crippen molar-refractivity contribution in [2.75, 3.05) is 36.1 Å². The second-order valence-corrected chi connectivity index (χ2v) is 13.6. The highest BCUT2D eigenvalue weighted by molar-refractivity contribution is 7.17. The zero-order chi connectivity index (χ0) is 29.9. The number of benzene rings is 1. The maximum Gasteiger partial charge on any atom is 0.427 e. The molecule has 1 N–H and O–H groups in total. The van der Waals surface area contributed by atoms with E-state index in [0.29, 0.717) is 37.6 Å². The average molecular weight is 600 g/mol. The molecule has 3 aromatic rings. The van der Waals surface area contributed by atoms with Gasteiger partial charge in [0, 0.05) is 31.1 Å². The van der Waals surface area contributed by atoms with Gasteiger partial charge in [-0.05, 0) is 77.6 Å². The summed E-state index contributed by atoms with van der Waals surface area (Å²) in [5.41, 5.74) is 3.42. The number of amides is 3. The van der Waals surface area contributed by atoms with Gasteiger partial charge in [0.2, 0.25) is 0 Å². The third-order valence-electron chi connectivity index (χ3n) is 5.89. The Bertz CT molecular complexity index is 1380. The molecule has 1 aliphatic heterocycles. The first-order valence-corrected chi connectivity index (χ1v) is 15.1. The van der Waals surface area contributed by atoms with Crippen LogP contribution in [0.4, 0.5) is 20.3 Å². The van der Waals surface area contributed by atoms with Gasteiger partial charge in [0.05, 0.1) is 11.4 Å². The van der Waals surface area contributed by atoms with E-state index >= 15 is 0 Å². The van der Waals surface area contributed by atoms with Gasteiger partial charge in [-0.2, -0.15) is 0 Å². The van der Waals surface area contributed by atoms with E-state index in [9.17, 15) is 14.4 Å². The fourth-order valence-corrected chi connectivity index (χ4v) is 5.93. The topological polar surface area (TPSA) is 104 Å². The highest BCUT2D eigenvalue weighted by atomic mass is 32.1. The lowest BCUT2D eigenvalue weighted by Gasteiger charge is -2.36. The highest BCUT2D eigenvalue weighted by Gasteiger charge is 2.30. The first-order chi connectivity index (χ1) is 19.2. The van der Waals surface area contributed by atoms with E-state index in [2.05, 4.69) is 15.3 Å². The van der Waals surface area contributed by atoms with E-state index < -0.39 is 23.2 Å². The average Bonchev–Trinajstić information content (AvgIpc) is 3.55. The summed E-state index contributed by atoms with van der Waals surface area (Å²) in [4.78, 5) is 48.6. The van der Waals surface area contributed by atoms with Gasteiger partial charge in [0.25, 0.3) is 0 Å². The van der Waals surface area contributed by atoms with Gasteiger partial charge in [0.15, 0.2) is 5.01 Å². The van der Waals surface area contributed by atoms with Crippen molar-refractivity contribution in [1.82, 2.24) is 15.3 Å². The molecule has 0 bridgehead atoms. The summed E-state index contributed by atoms with van der Waals surface area (Å²) in [5.74, 6) is -0.481. The number of anilines is 2. The van der Waals surface area contributed by atoms with Crippen molar-refractivity contribution in [1.29, 1.82) is 0 Å². The van der Waals surface area contributed by atoms with Gasteiger partial charge in [0.1, 0.15) is 16.2 Å². The lowest BCUT2D eigenvalue weighted by Crippen LogP contribution is -2.50. The number of carbonyl (C=O) groups excluding carboxylic acids is 3. The molecule has 220 valence electrons. The maximum atomic E-state index is 13.9. The Morgan fingerprint density at radius 3 is 2.24 bits per heavy atom. The summed E-state index contributed by atoms with van der Waals surface area (Å²) in [6.45, 7) is 14.8. The molecule has 1 aromatic carbocycles. The Hall–Kier alpha value is -3.64. The van der Waals surface area contributed by atoms with Crippen LogP contribution in [-0.2, 0) is 9.47 Å². The Morgan fingerprint density at radius 2 is 1.63 bits per heavy atom. The van der Waals surface area contributed by atoms with E-state index in [1.165, 1.54) is 16.3 Å². The quantitative estimate of drug-likeness (QED) is 0.350. The van der Waals surface area contributed by atoms with Crippen LogP contribution in [0.5, 0.6) is 0 Å². The van der Waals surface area contributed by atoms with Crippen molar-refractivity contribution in [3.8, 4) is 10.4 Å². The van der Waals surface area contributed by atoms with Gasteiger partial charge in [-0.1, -0.05) is 29.5 Å². The lowest BCUT2D eigenvalue weighted by molar-refractivity contribution is 0.0240. The predicted molar refractivity (Wildman–Crippen MR) is 163 cm³/mol. The summed E-state index contributed by atoms with van der Waals surface area (Å²) in [7, 11) is 0. The molecule has 0 aliphatic carbocycles.